The molecular formula is C19H16N4O3. The molecule has 0 fully saturated rings. The van der Waals surface area contributed by atoms with E-state index >= 15 is 0 Å². The Morgan fingerprint density at radius 3 is 2.62 bits per heavy atom. The molecule has 2 aromatic carbocycles. The highest BCUT2D eigenvalue weighted by Crippen LogP contribution is 2.32. The van der Waals surface area contributed by atoms with Gasteiger partial charge >= 0.3 is 0 Å². The Balaban J connectivity index is 1.53. The first kappa shape index (κ1) is 16.0. The quantitative estimate of drug-likeness (QED) is 0.709. The van der Waals surface area contributed by atoms with Gasteiger partial charge < -0.3 is 5.32 Å². The summed E-state index contributed by atoms with van der Waals surface area (Å²) in [6.45, 7) is 1.49. The molecule has 1 aliphatic heterocycles. The zero-order valence-corrected chi connectivity index (χ0v) is 14.0. The fourth-order valence-electron chi connectivity index (χ4n) is 3.12. The van der Waals surface area contributed by atoms with Crippen molar-refractivity contribution in [3.05, 3.63) is 54.1 Å². The zero-order valence-electron chi connectivity index (χ0n) is 14.0. The minimum absolute atomic E-state index is 0.00630. The lowest BCUT2D eigenvalue weighted by atomic mass is 10.1. The van der Waals surface area contributed by atoms with E-state index in [1.807, 2.05) is 24.3 Å². The van der Waals surface area contributed by atoms with Crippen molar-refractivity contribution in [2.24, 2.45) is 0 Å². The molecule has 0 spiro atoms. The normalized spacial score (nSPS) is 15.6. The van der Waals surface area contributed by atoms with Crippen molar-refractivity contribution in [2.45, 2.75) is 19.4 Å². The van der Waals surface area contributed by atoms with Crippen LogP contribution in [-0.2, 0) is 9.59 Å². The topological polar surface area (TPSA) is 93.1 Å². The molecule has 4 rings (SSSR count). The second-order valence-electron chi connectivity index (χ2n) is 6.19. The third-order valence-corrected chi connectivity index (χ3v) is 4.40. The second kappa shape index (κ2) is 6.11. The Kier molecular flexibility index (Phi) is 3.76. The average molecular weight is 348 g/mol. The van der Waals surface area contributed by atoms with Gasteiger partial charge in [0, 0.05) is 11.3 Å². The van der Waals surface area contributed by atoms with Crippen molar-refractivity contribution in [2.75, 3.05) is 10.6 Å². The summed E-state index contributed by atoms with van der Waals surface area (Å²) in [5.74, 6) is -0.114. The number of hydrogen-bond donors (Lipinski definition) is 2. The number of Topliss-reactive ketones (excluding diaryl/α,β-unsaturated/α-hetero) is 1. The van der Waals surface area contributed by atoms with Crippen LogP contribution >= 0.6 is 0 Å². The molecule has 0 radical (unpaired) electrons. The maximum atomic E-state index is 12.4. The van der Waals surface area contributed by atoms with Crippen LogP contribution < -0.4 is 10.6 Å². The largest absolute Gasteiger partial charge is 0.326 e. The van der Waals surface area contributed by atoms with Crippen LogP contribution in [0.2, 0.25) is 0 Å². The number of fused-ring (bicyclic) bond motifs is 3. The number of rotatable bonds is 4. The maximum absolute atomic E-state index is 12.4. The third kappa shape index (κ3) is 2.73. The van der Waals surface area contributed by atoms with E-state index in [2.05, 4.69) is 15.6 Å². The van der Waals surface area contributed by atoms with Crippen LogP contribution in [-0.4, -0.2) is 27.1 Å². The van der Waals surface area contributed by atoms with Gasteiger partial charge in [-0.2, -0.15) is 0 Å². The molecule has 0 bridgehead atoms. The van der Waals surface area contributed by atoms with Crippen LogP contribution in [0, 0.1) is 0 Å². The molecule has 7 nitrogen and oxygen atoms in total. The molecule has 0 aliphatic carbocycles. The predicted molar refractivity (Wildman–Crippen MR) is 97.1 cm³/mol. The van der Waals surface area contributed by atoms with Crippen molar-refractivity contribution in [3.63, 3.8) is 0 Å². The molecule has 3 aromatic rings. The molecule has 0 unspecified atom stereocenters. The summed E-state index contributed by atoms with van der Waals surface area (Å²) in [5, 5.41) is 5.48. The number of carbonyl (C=O) groups excluding carboxylic acids is 3. The Morgan fingerprint density at radius 1 is 1.15 bits per heavy atom. The third-order valence-electron chi connectivity index (χ3n) is 4.40. The van der Waals surface area contributed by atoms with Gasteiger partial charge in [0.15, 0.2) is 5.78 Å². The molecule has 130 valence electrons. The molecular weight excluding hydrogens is 332 g/mol. The Hall–Kier alpha value is -3.48. The van der Waals surface area contributed by atoms with Crippen LogP contribution in [0.3, 0.4) is 0 Å². The number of nitrogens with zero attached hydrogens (tertiary/aromatic N) is 2. The van der Waals surface area contributed by atoms with E-state index in [4.69, 9.17) is 0 Å². The van der Waals surface area contributed by atoms with Crippen LogP contribution in [0.25, 0.3) is 11.0 Å². The van der Waals surface area contributed by atoms with Crippen molar-refractivity contribution < 1.29 is 14.4 Å². The number of carbonyl (C=O) groups is 3. The first-order valence-corrected chi connectivity index (χ1v) is 8.21. The highest BCUT2D eigenvalue weighted by molar-refractivity contribution is 6.03. The first-order chi connectivity index (χ1) is 12.5. The molecule has 26 heavy (non-hydrogen) atoms. The Bertz CT molecular complexity index is 1040. The number of imidazole rings is 1. The summed E-state index contributed by atoms with van der Waals surface area (Å²) in [5.41, 5.74) is 2.74. The van der Waals surface area contributed by atoms with Crippen LogP contribution in [0.15, 0.2) is 48.5 Å². The Labute approximate surface area is 149 Å². The fraction of sp³-hybridized carbons (Fsp3) is 0.158. The lowest BCUT2D eigenvalue weighted by molar-refractivity contribution is -0.123. The monoisotopic (exact) mass is 348 g/mol. The van der Waals surface area contributed by atoms with Crippen LogP contribution in [0.1, 0.15) is 29.7 Å². The number of anilines is 2. The minimum atomic E-state index is -0.645. The van der Waals surface area contributed by atoms with Crippen molar-refractivity contribution in [3.8, 4) is 0 Å². The van der Waals surface area contributed by atoms with E-state index in [0.29, 0.717) is 17.2 Å². The standard InChI is InChI=1S/C19H16N4O3/c1-11(24)12-6-8-13(9-7-12)20-17(25)10-16-18(26)22-19-21-14-4-2-3-5-15(14)23(16)19/h2-9,16H,10H2,1H3,(H,20,25)(H,21,22,26)/t16-/m0/s1. The van der Waals surface area contributed by atoms with Crippen molar-refractivity contribution in [1.29, 1.82) is 0 Å². The van der Waals surface area contributed by atoms with Gasteiger partial charge in [0.05, 0.1) is 17.5 Å². The van der Waals surface area contributed by atoms with Crippen LogP contribution in [0.4, 0.5) is 11.6 Å². The average Bonchev–Trinajstić information content (AvgIpc) is 3.11. The lowest BCUT2D eigenvalue weighted by Crippen LogP contribution is -2.23. The van der Waals surface area contributed by atoms with E-state index in [1.54, 1.807) is 28.8 Å². The SMILES string of the molecule is CC(=O)c1ccc(NC(=O)C[C@H]2C(=O)Nc3nc4ccccc4n32)cc1. The Morgan fingerprint density at radius 2 is 1.88 bits per heavy atom. The van der Waals surface area contributed by atoms with Gasteiger partial charge in [-0.25, -0.2) is 4.98 Å². The van der Waals surface area contributed by atoms with E-state index in [9.17, 15) is 14.4 Å². The van der Waals surface area contributed by atoms with Gasteiger partial charge in [-0.3, -0.25) is 24.3 Å². The lowest BCUT2D eigenvalue weighted by Gasteiger charge is -2.12. The number of benzene rings is 2. The van der Waals surface area contributed by atoms with E-state index in [-0.39, 0.29) is 24.0 Å². The van der Waals surface area contributed by atoms with Crippen molar-refractivity contribution in [1.82, 2.24) is 9.55 Å². The summed E-state index contributed by atoms with van der Waals surface area (Å²) in [6.07, 6.45) is -0.00630. The smallest absolute Gasteiger partial charge is 0.250 e. The molecule has 1 aliphatic rings. The number of ketones is 1. The molecule has 1 aromatic heterocycles. The number of para-hydroxylation sites is 2. The van der Waals surface area contributed by atoms with Gasteiger partial charge in [-0.05, 0) is 43.3 Å². The van der Waals surface area contributed by atoms with E-state index in [0.717, 1.165) is 11.0 Å². The van der Waals surface area contributed by atoms with Gasteiger partial charge in [0.2, 0.25) is 17.8 Å². The minimum Gasteiger partial charge on any atom is -0.326 e. The molecule has 2 heterocycles. The second-order valence-corrected chi connectivity index (χ2v) is 6.19. The highest BCUT2D eigenvalue weighted by Gasteiger charge is 2.34. The molecule has 0 saturated heterocycles. The van der Waals surface area contributed by atoms with Gasteiger partial charge in [-0.1, -0.05) is 12.1 Å². The number of hydrogen-bond acceptors (Lipinski definition) is 4. The zero-order chi connectivity index (χ0) is 18.3. The number of amides is 2. The van der Waals surface area contributed by atoms with E-state index < -0.39 is 6.04 Å². The summed E-state index contributed by atoms with van der Waals surface area (Å²) in [4.78, 5) is 40.3. The summed E-state index contributed by atoms with van der Waals surface area (Å²) < 4.78 is 1.76. The highest BCUT2D eigenvalue weighted by atomic mass is 16.2. The summed E-state index contributed by atoms with van der Waals surface area (Å²) >= 11 is 0. The van der Waals surface area contributed by atoms with Gasteiger partial charge in [-0.15, -0.1) is 0 Å². The maximum Gasteiger partial charge on any atom is 0.250 e. The first-order valence-electron chi connectivity index (χ1n) is 8.21. The molecule has 2 N–H and O–H groups in total. The fourth-order valence-corrected chi connectivity index (χ4v) is 3.12. The molecule has 0 saturated carbocycles. The van der Waals surface area contributed by atoms with Gasteiger partial charge in [0.25, 0.3) is 0 Å². The molecule has 1 atom stereocenters. The summed E-state index contributed by atoms with van der Waals surface area (Å²) in [7, 11) is 0. The predicted octanol–water partition coefficient (Wildman–Crippen LogP) is 2.76. The van der Waals surface area contributed by atoms with Crippen LogP contribution in [0.5, 0.6) is 0 Å². The van der Waals surface area contributed by atoms with E-state index in [1.165, 1.54) is 6.92 Å². The number of aromatic nitrogens is 2. The number of nitrogens with one attached hydrogen (secondary N) is 2. The molecule has 2 amide bonds. The summed E-state index contributed by atoms with van der Waals surface area (Å²) in [6, 6.07) is 13.5. The van der Waals surface area contributed by atoms with Gasteiger partial charge in [0.1, 0.15) is 6.04 Å². The van der Waals surface area contributed by atoms with Crippen molar-refractivity contribution >= 4 is 40.3 Å². The molecule has 7 heteroatoms.